The quantitative estimate of drug-likeness (QED) is 0.547. The number of primary amides is 1. The van der Waals surface area contributed by atoms with Crippen molar-refractivity contribution in [1.82, 2.24) is 5.32 Å². The van der Waals surface area contributed by atoms with Gasteiger partial charge in [0, 0.05) is 10.9 Å². The van der Waals surface area contributed by atoms with Crippen molar-refractivity contribution in [1.29, 1.82) is 0 Å². The van der Waals surface area contributed by atoms with Crippen LogP contribution in [0.5, 0.6) is 0 Å². The zero-order valence-electron chi connectivity index (χ0n) is 12.8. The molecule has 0 radical (unpaired) electrons. The van der Waals surface area contributed by atoms with Crippen molar-refractivity contribution in [3.8, 4) is 0 Å². The number of rotatable bonds is 6. The van der Waals surface area contributed by atoms with E-state index in [0.29, 0.717) is 11.3 Å². The first-order valence-electron chi connectivity index (χ1n) is 7.01. The van der Waals surface area contributed by atoms with Crippen LogP contribution in [0.25, 0.3) is 0 Å². The fraction of sp³-hybridized carbons (Fsp3) is 0.200. The molecule has 2 aromatic rings. The van der Waals surface area contributed by atoms with Crippen molar-refractivity contribution in [2.45, 2.75) is 19.4 Å². The predicted molar refractivity (Wildman–Crippen MR) is 90.9 cm³/mol. The molecule has 3 amide bonds. The molecule has 8 nitrogen and oxygen atoms in total. The molecular weight excluding hydrogens is 332 g/mol. The number of nitro groups is 1. The van der Waals surface area contributed by atoms with E-state index in [1.807, 2.05) is 5.38 Å². The third-order valence-electron chi connectivity index (χ3n) is 3.37. The van der Waals surface area contributed by atoms with E-state index in [4.69, 9.17) is 5.73 Å². The fourth-order valence-corrected chi connectivity index (χ4v) is 3.01. The smallest absolute Gasteiger partial charge is 0.312 e. The zero-order chi connectivity index (χ0) is 17.7. The minimum absolute atomic E-state index is 0.0361. The summed E-state index contributed by atoms with van der Waals surface area (Å²) in [6, 6.07) is 6.76. The topological polar surface area (TPSA) is 127 Å². The summed E-state index contributed by atoms with van der Waals surface area (Å²) < 4.78 is 0. The molecule has 9 heteroatoms. The number of anilines is 1. The summed E-state index contributed by atoms with van der Waals surface area (Å²) >= 11 is 1.39. The van der Waals surface area contributed by atoms with E-state index >= 15 is 0 Å². The molecule has 1 heterocycles. The lowest BCUT2D eigenvalue weighted by Crippen LogP contribution is -2.34. The van der Waals surface area contributed by atoms with Crippen LogP contribution < -0.4 is 16.4 Å². The number of carbonyl (C=O) groups is 2. The van der Waals surface area contributed by atoms with Gasteiger partial charge < -0.3 is 16.4 Å². The molecule has 0 bridgehead atoms. The lowest BCUT2D eigenvalue weighted by Gasteiger charge is -2.16. The summed E-state index contributed by atoms with van der Waals surface area (Å²) in [6.45, 7) is 1.56. The van der Waals surface area contributed by atoms with E-state index in [0.717, 1.165) is 4.88 Å². The molecule has 0 aliphatic carbocycles. The average Bonchev–Trinajstić information content (AvgIpc) is 3.02. The summed E-state index contributed by atoms with van der Waals surface area (Å²) in [5.74, 6) is -0.384. The highest BCUT2D eigenvalue weighted by molar-refractivity contribution is 7.10. The molecule has 0 saturated heterocycles. The Labute approximate surface area is 141 Å². The lowest BCUT2D eigenvalue weighted by molar-refractivity contribution is -0.385. The maximum absolute atomic E-state index is 12.3. The van der Waals surface area contributed by atoms with Crippen LogP contribution in [0.15, 0.2) is 35.7 Å². The number of urea groups is 1. The second-order valence-electron chi connectivity index (χ2n) is 5.04. The molecule has 1 unspecified atom stereocenters. The van der Waals surface area contributed by atoms with Gasteiger partial charge in [-0.2, -0.15) is 0 Å². The maximum atomic E-state index is 12.3. The highest BCUT2D eigenvalue weighted by Crippen LogP contribution is 2.26. The van der Waals surface area contributed by atoms with Crippen LogP contribution in [0.2, 0.25) is 0 Å². The molecule has 1 aromatic carbocycles. The fourth-order valence-electron chi connectivity index (χ4n) is 2.23. The van der Waals surface area contributed by atoms with Crippen LogP contribution in [0, 0.1) is 17.0 Å². The molecule has 1 aromatic heterocycles. The van der Waals surface area contributed by atoms with Gasteiger partial charge in [0.05, 0.1) is 28.6 Å². The number of amides is 3. The zero-order valence-corrected chi connectivity index (χ0v) is 13.6. The molecular formula is C15H16N4O4S. The largest absolute Gasteiger partial charge is 0.352 e. The Balaban J connectivity index is 2.13. The third kappa shape index (κ3) is 4.29. The van der Waals surface area contributed by atoms with Gasteiger partial charge in [0.1, 0.15) is 0 Å². The van der Waals surface area contributed by atoms with Gasteiger partial charge in [0.25, 0.3) is 5.69 Å². The first-order valence-corrected chi connectivity index (χ1v) is 7.89. The summed E-state index contributed by atoms with van der Waals surface area (Å²) in [5.41, 5.74) is 5.81. The standard InChI is InChI=1S/C15H16N4O4S/c1-9-10(4-2-5-12(9)19(22)23)17-14(20)8-11(18-15(16)21)13-6-3-7-24-13/h2-7,11H,8H2,1H3,(H,17,20)(H3,16,18,21). The van der Waals surface area contributed by atoms with Crippen molar-refractivity contribution in [3.05, 3.63) is 56.3 Å². The van der Waals surface area contributed by atoms with Crippen LogP contribution in [0.1, 0.15) is 22.9 Å². The molecule has 2 rings (SSSR count). The normalized spacial score (nSPS) is 11.5. The van der Waals surface area contributed by atoms with E-state index in [9.17, 15) is 19.7 Å². The first kappa shape index (κ1) is 17.4. The van der Waals surface area contributed by atoms with Crippen molar-refractivity contribution >= 4 is 34.6 Å². The number of nitro benzene ring substituents is 1. The van der Waals surface area contributed by atoms with Crippen molar-refractivity contribution < 1.29 is 14.5 Å². The number of carbonyl (C=O) groups excluding carboxylic acids is 2. The van der Waals surface area contributed by atoms with E-state index in [-0.39, 0.29) is 18.0 Å². The highest BCUT2D eigenvalue weighted by atomic mass is 32.1. The minimum Gasteiger partial charge on any atom is -0.352 e. The second-order valence-corrected chi connectivity index (χ2v) is 6.01. The van der Waals surface area contributed by atoms with Crippen LogP contribution in [-0.2, 0) is 4.79 Å². The number of hydrogen-bond donors (Lipinski definition) is 3. The van der Waals surface area contributed by atoms with E-state index in [1.165, 1.54) is 23.5 Å². The number of nitrogens with zero attached hydrogens (tertiary/aromatic N) is 1. The van der Waals surface area contributed by atoms with Crippen LogP contribution >= 0.6 is 11.3 Å². The predicted octanol–water partition coefficient (Wildman–Crippen LogP) is 2.70. The van der Waals surface area contributed by atoms with E-state index in [1.54, 1.807) is 25.1 Å². The molecule has 0 spiro atoms. The second kappa shape index (κ2) is 7.55. The minimum atomic E-state index is -0.729. The van der Waals surface area contributed by atoms with Gasteiger partial charge in [-0.25, -0.2) is 4.79 Å². The van der Waals surface area contributed by atoms with Gasteiger partial charge in [-0.05, 0) is 24.4 Å². The van der Waals surface area contributed by atoms with Gasteiger partial charge in [-0.1, -0.05) is 12.1 Å². The molecule has 126 valence electrons. The van der Waals surface area contributed by atoms with Crippen molar-refractivity contribution in [3.63, 3.8) is 0 Å². The van der Waals surface area contributed by atoms with Crippen LogP contribution in [0.3, 0.4) is 0 Å². The Kier molecular flexibility index (Phi) is 5.48. The average molecular weight is 348 g/mol. The molecule has 1 atom stereocenters. The molecule has 0 saturated carbocycles. The summed E-state index contributed by atoms with van der Waals surface area (Å²) in [4.78, 5) is 34.6. The Morgan fingerprint density at radius 1 is 1.33 bits per heavy atom. The summed E-state index contributed by atoms with van der Waals surface area (Å²) in [5, 5.41) is 17.9. The van der Waals surface area contributed by atoms with Crippen molar-refractivity contribution in [2.24, 2.45) is 5.73 Å². The van der Waals surface area contributed by atoms with Crippen LogP contribution in [-0.4, -0.2) is 16.9 Å². The lowest BCUT2D eigenvalue weighted by atomic mass is 10.1. The van der Waals surface area contributed by atoms with Gasteiger partial charge in [0.2, 0.25) is 5.91 Å². The van der Waals surface area contributed by atoms with E-state index < -0.39 is 17.0 Å². The maximum Gasteiger partial charge on any atom is 0.312 e. The van der Waals surface area contributed by atoms with Gasteiger partial charge >= 0.3 is 6.03 Å². The van der Waals surface area contributed by atoms with E-state index in [2.05, 4.69) is 10.6 Å². The SMILES string of the molecule is Cc1c(NC(=O)CC(NC(N)=O)c2cccs2)cccc1[N+](=O)[O-]. The number of benzene rings is 1. The Hall–Kier alpha value is -2.94. The Morgan fingerprint density at radius 2 is 2.08 bits per heavy atom. The van der Waals surface area contributed by atoms with Crippen molar-refractivity contribution in [2.75, 3.05) is 5.32 Å². The molecule has 4 N–H and O–H groups in total. The number of nitrogens with two attached hydrogens (primary N) is 1. The third-order valence-corrected chi connectivity index (χ3v) is 4.35. The molecule has 0 fully saturated rings. The van der Waals surface area contributed by atoms with Gasteiger partial charge in [0.15, 0.2) is 0 Å². The van der Waals surface area contributed by atoms with Gasteiger partial charge in [-0.15, -0.1) is 11.3 Å². The molecule has 24 heavy (non-hydrogen) atoms. The summed E-state index contributed by atoms with van der Waals surface area (Å²) in [7, 11) is 0. The number of thiophene rings is 1. The molecule has 0 aliphatic rings. The first-order chi connectivity index (χ1) is 11.4. The number of nitrogens with one attached hydrogen (secondary N) is 2. The highest BCUT2D eigenvalue weighted by Gasteiger charge is 2.20. The Bertz CT molecular complexity index is 761. The summed E-state index contributed by atoms with van der Waals surface area (Å²) in [6.07, 6.45) is -0.0361. The number of hydrogen-bond acceptors (Lipinski definition) is 5. The van der Waals surface area contributed by atoms with Crippen LogP contribution in [0.4, 0.5) is 16.2 Å². The Morgan fingerprint density at radius 3 is 2.67 bits per heavy atom. The monoisotopic (exact) mass is 348 g/mol. The van der Waals surface area contributed by atoms with Gasteiger partial charge in [-0.3, -0.25) is 14.9 Å². The molecule has 0 aliphatic heterocycles.